The van der Waals surface area contributed by atoms with E-state index in [2.05, 4.69) is 10.3 Å². The Hall–Kier alpha value is -3.09. The molecule has 1 aromatic heterocycles. The zero-order valence-corrected chi connectivity index (χ0v) is 19.6. The smallest absolute Gasteiger partial charge is 0.255 e. The van der Waals surface area contributed by atoms with E-state index in [1.165, 1.54) is 6.20 Å². The molecule has 3 heterocycles. The van der Waals surface area contributed by atoms with Gasteiger partial charge >= 0.3 is 0 Å². The van der Waals surface area contributed by atoms with Crippen molar-refractivity contribution in [3.05, 3.63) is 47.3 Å². The lowest BCUT2D eigenvalue weighted by atomic mass is 9.93. The second-order valence-electron chi connectivity index (χ2n) is 10.1. The summed E-state index contributed by atoms with van der Waals surface area (Å²) in [4.78, 5) is 19.6. The lowest BCUT2D eigenvalue weighted by molar-refractivity contribution is -0.0615. The average molecular weight is 470 g/mol. The van der Waals surface area contributed by atoms with Gasteiger partial charge in [-0.2, -0.15) is 5.26 Å². The van der Waals surface area contributed by atoms with E-state index in [-0.39, 0.29) is 39.9 Å². The van der Waals surface area contributed by atoms with Gasteiger partial charge in [0.15, 0.2) is 0 Å². The van der Waals surface area contributed by atoms with E-state index in [0.29, 0.717) is 44.6 Å². The Kier molecular flexibility index (Phi) is 6.32. The molecule has 34 heavy (non-hydrogen) atoms. The van der Waals surface area contributed by atoms with Crippen molar-refractivity contribution in [3.63, 3.8) is 0 Å². The fraction of sp³-hybridized carbons (Fsp3) is 0.480. The number of hydrogen-bond donors (Lipinski definition) is 2. The van der Waals surface area contributed by atoms with Crippen molar-refractivity contribution in [1.82, 2.24) is 10.3 Å². The molecule has 0 radical (unpaired) electrons. The van der Waals surface area contributed by atoms with Crippen molar-refractivity contribution in [3.8, 4) is 17.2 Å². The number of hydrogen-bond acceptors (Lipinski definition) is 6. The Labute approximate surface area is 197 Å². The molecule has 2 aliphatic heterocycles. The zero-order valence-electron chi connectivity index (χ0n) is 19.6. The molecule has 9 heteroatoms. The van der Waals surface area contributed by atoms with Crippen LogP contribution in [0.3, 0.4) is 0 Å². The average Bonchev–Trinajstić information content (AvgIpc) is 3.10. The van der Waals surface area contributed by atoms with Crippen LogP contribution in [0, 0.1) is 23.0 Å². The first-order valence-electron chi connectivity index (χ1n) is 11.4. The lowest BCUT2D eigenvalue weighted by Crippen LogP contribution is -2.46. The van der Waals surface area contributed by atoms with Crippen LogP contribution in [0.5, 0.6) is 0 Å². The Bertz CT molecular complexity index is 1140. The third-order valence-electron chi connectivity index (χ3n) is 6.41. The standard InChI is InChI=1S/C25H29F2N5O2/c1-24(2)11-18(4-7-34-24)31-23(33)19-13-30-20(12-28)21(15-8-16(26)10-17(27)9-15)22(19)32-6-5-25(3,29)14-32/h8-10,13,18H,4-7,11,14,29H2,1-3H3,(H,31,33)/t18?,25-/m0/s1. The van der Waals surface area contributed by atoms with Crippen LogP contribution in [0.1, 0.15) is 56.1 Å². The number of nitriles is 1. The first kappa shape index (κ1) is 24.0. The highest BCUT2D eigenvalue weighted by Gasteiger charge is 2.36. The minimum Gasteiger partial charge on any atom is -0.375 e. The van der Waals surface area contributed by atoms with Gasteiger partial charge in [-0.3, -0.25) is 4.79 Å². The van der Waals surface area contributed by atoms with E-state index in [0.717, 1.165) is 18.2 Å². The molecule has 2 aromatic rings. The number of nitrogens with zero attached hydrogens (tertiary/aromatic N) is 3. The second kappa shape index (κ2) is 8.93. The van der Waals surface area contributed by atoms with Gasteiger partial charge < -0.3 is 20.7 Å². The minimum absolute atomic E-state index is 0.0191. The molecule has 0 aliphatic carbocycles. The highest BCUT2D eigenvalue weighted by atomic mass is 19.1. The van der Waals surface area contributed by atoms with Gasteiger partial charge in [-0.05, 0) is 57.7 Å². The van der Waals surface area contributed by atoms with Crippen molar-refractivity contribution in [1.29, 1.82) is 5.26 Å². The second-order valence-corrected chi connectivity index (χ2v) is 10.1. The Morgan fingerprint density at radius 3 is 2.59 bits per heavy atom. The molecule has 2 aliphatic rings. The molecule has 2 atom stereocenters. The van der Waals surface area contributed by atoms with Gasteiger partial charge in [-0.15, -0.1) is 0 Å². The van der Waals surface area contributed by atoms with Gasteiger partial charge in [-0.25, -0.2) is 13.8 Å². The fourth-order valence-electron chi connectivity index (χ4n) is 4.85. The lowest BCUT2D eigenvalue weighted by Gasteiger charge is -2.36. The predicted molar refractivity (Wildman–Crippen MR) is 124 cm³/mol. The number of ether oxygens (including phenoxy) is 1. The zero-order chi connectivity index (χ0) is 24.7. The Morgan fingerprint density at radius 1 is 1.29 bits per heavy atom. The summed E-state index contributed by atoms with van der Waals surface area (Å²) in [7, 11) is 0. The largest absolute Gasteiger partial charge is 0.375 e. The Balaban J connectivity index is 1.83. The third-order valence-corrected chi connectivity index (χ3v) is 6.41. The van der Waals surface area contributed by atoms with Crippen LogP contribution in [0.15, 0.2) is 24.4 Å². The summed E-state index contributed by atoms with van der Waals surface area (Å²) >= 11 is 0. The molecule has 4 rings (SSSR count). The molecular weight excluding hydrogens is 440 g/mol. The first-order valence-corrected chi connectivity index (χ1v) is 11.4. The van der Waals surface area contributed by atoms with Crippen molar-refractivity contribution in [2.45, 2.75) is 57.2 Å². The highest BCUT2D eigenvalue weighted by Crippen LogP contribution is 2.39. The number of nitrogens with one attached hydrogen (secondary N) is 1. The van der Waals surface area contributed by atoms with Crippen molar-refractivity contribution >= 4 is 11.6 Å². The number of benzene rings is 1. The van der Waals surface area contributed by atoms with Gasteiger partial charge in [-0.1, -0.05) is 0 Å². The molecule has 0 spiro atoms. The van der Waals surface area contributed by atoms with Gasteiger partial charge in [0.2, 0.25) is 0 Å². The number of pyridine rings is 1. The van der Waals surface area contributed by atoms with E-state index in [4.69, 9.17) is 10.5 Å². The molecule has 0 saturated carbocycles. The molecule has 1 amide bonds. The summed E-state index contributed by atoms with van der Waals surface area (Å²) in [6.07, 6.45) is 3.33. The molecule has 180 valence electrons. The van der Waals surface area contributed by atoms with Crippen molar-refractivity contribution in [2.24, 2.45) is 5.73 Å². The summed E-state index contributed by atoms with van der Waals surface area (Å²) in [5, 5.41) is 12.8. The van der Waals surface area contributed by atoms with Crippen LogP contribution in [-0.4, -0.2) is 47.8 Å². The number of halogens is 2. The van der Waals surface area contributed by atoms with Crippen molar-refractivity contribution in [2.75, 3.05) is 24.6 Å². The van der Waals surface area contributed by atoms with Gasteiger partial charge in [0, 0.05) is 49.1 Å². The summed E-state index contributed by atoms with van der Waals surface area (Å²) in [6.45, 7) is 7.33. The number of aromatic nitrogens is 1. The van der Waals surface area contributed by atoms with Crippen LogP contribution in [0.4, 0.5) is 14.5 Å². The third kappa shape index (κ3) is 5.03. The van der Waals surface area contributed by atoms with Crippen molar-refractivity contribution < 1.29 is 18.3 Å². The minimum atomic E-state index is -0.783. The summed E-state index contributed by atoms with van der Waals surface area (Å²) < 4.78 is 34.1. The topological polar surface area (TPSA) is 104 Å². The molecule has 0 bridgehead atoms. The van der Waals surface area contributed by atoms with Crippen LogP contribution in [-0.2, 0) is 4.74 Å². The maximum absolute atomic E-state index is 14.2. The number of anilines is 1. The fourth-order valence-corrected chi connectivity index (χ4v) is 4.85. The summed E-state index contributed by atoms with van der Waals surface area (Å²) in [5.74, 6) is -1.93. The molecule has 2 fully saturated rings. The van der Waals surface area contributed by atoms with Gasteiger partial charge in [0.25, 0.3) is 5.91 Å². The van der Waals surface area contributed by atoms with E-state index in [9.17, 15) is 18.8 Å². The number of rotatable bonds is 4. The molecular formula is C25H29F2N5O2. The van der Waals surface area contributed by atoms with Gasteiger partial charge in [0.05, 0.1) is 16.9 Å². The van der Waals surface area contributed by atoms with E-state index in [1.54, 1.807) is 0 Å². The number of nitrogens with two attached hydrogens (primary N) is 1. The quantitative estimate of drug-likeness (QED) is 0.710. The van der Waals surface area contributed by atoms with Crippen LogP contribution >= 0.6 is 0 Å². The van der Waals surface area contributed by atoms with E-state index >= 15 is 0 Å². The molecule has 2 saturated heterocycles. The monoisotopic (exact) mass is 469 g/mol. The van der Waals surface area contributed by atoms with E-state index < -0.39 is 17.2 Å². The van der Waals surface area contributed by atoms with E-state index in [1.807, 2.05) is 31.7 Å². The SMILES string of the molecule is CC1(C)CC(NC(=O)c2cnc(C#N)c(-c3cc(F)cc(F)c3)c2N2CC[C@](C)(N)C2)CCO1. The van der Waals surface area contributed by atoms with Gasteiger partial charge in [0.1, 0.15) is 23.4 Å². The highest BCUT2D eigenvalue weighted by molar-refractivity contribution is 6.04. The predicted octanol–water partition coefficient (Wildman–Crippen LogP) is 3.51. The van der Waals surface area contributed by atoms with Crippen LogP contribution < -0.4 is 16.0 Å². The van der Waals surface area contributed by atoms with Crippen LogP contribution in [0.2, 0.25) is 0 Å². The molecule has 1 unspecified atom stereocenters. The molecule has 7 nitrogen and oxygen atoms in total. The maximum atomic E-state index is 14.2. The van der Waals surface area contributed by atoms with Crippen LogP contribution in [0.25, 0.3) is 11.1 Å². The molecule has 3 N–H and O–H groups in total. The number of carbonyl (C=O) groups is 1. The normalized spacial score (nSPS) is 24.0. The summed E-state index contributed by atoms with van der Waals surface area (Å²) in [5.41, 5.74) is 6.48. The molecule has 1 aromatic carbocycles. The summed E-state index contributed by atoms with van der Waals surface area (Å²) in [6, 6.07) is 4.96. The Morgan fingerprint density at radius 2 is 2.00 bits per heavy atom. The number of amides is 1. The first-order chi connectivity index (χ1) is 16.0. The maximum Gasteiger partial charge on any atom is 0.255 e. The number of carbonyl (C=O) groups excluding carboxylic acids is 1.